The van der Waals surface area contributed by atoms with Crippen molar-refractivity contribution < 1.29 is 14.6 Å². The normalized spacial score (nSPS) is 18.6. The van der Waals surface area contributed by atoms with E-state index in [2.05, 4.69) is 0 Å². The molecule has 0 fully saturated rings. The van der Waals surface area contributed by atoms with E-state index in [1.807, 2.05) is 0 Å². The van der Waals surface area contributed by atoms with Crippen molar-refractivity contribution >= 4 is 23.2 Å². The lowest BCUT2D eigenvalue weighted by Gasteiger charge is -2.26. The van der Waals surface area contributed by atoms with Gasteiger partial charge in [-0.05, 0) is 12.8 Å². The quantitative estimate of drug-likeness (QED) is 0.911. The van der Waals surface area contributed by atoms with Gasteiger partial charge in [0.2, 0.25) is 0 Å². The van der Waals surface area contributed by atoms with Gasteiger partial charge in [0.05, 0.1) is 10.0 Å². The van der Waals surface area contributed by atoms with Gasteiger partial charge < -0.3 is 14.6 Å². The van der Waals surface area contributed by atoms with Crippen LogP contribution in [0.25, 0.3) is 0 Å². The molecule has 88 valence electrons. The molecule has 3 nitrogen and oxygen atoms in total. The number of rotatable bonds is 3. The number of halogens is 2. The second-order valence-corrected chi connectivity index (χ2v) is 4.44. The van der Waals surface area contributed by atoms with Crippen molar-refractivity contribution in [2.45, 2.75) is 18.9 Å². The van der Waals surface area contributed by atoms with Gasteiger partial charge in [-0.25, -0.2) is 0 Å². The van der Waals surface area contributed by atoms with Gasteiger partial charge in [0.15, 0.2) is 11.5 Å². The molecule has 0 saturated heterocycles. The summed E-state index contributed by atoms with van der Waals surface area (Å²) in [5.41, 5.74) is 0. The summed E-state index contributed by atoms with van der Waals surface area (Å²) in [6.07, 6.45) is 1.43. The van der Waals surface area contributed by atoms with Gasteiger partial charge in [-0.1, -0.05) is 23.2 Å². The number of hydrogen-bond donors (Lipinski definition) is 1. The molecule has 1 aromatic carbocycles. The molecule has 0 spiro atoms. The molecule has 1 aliphatic rings. The summed E-state index contributed by atoms with van der Waals surface area (Å²) in [4.78, 5) is 0. The van der Waals surface area contributed by atoms with Gasteiger partial charge in [-0.3, -0.25) is 0 Å². The van der Waals surface area contributed by atoms with Crippen LogP contribution in [0, 0.1) is 0 Å². The van der Waals surface area contributed by atoms with Gasteiger partial charge in [0.1, 0.15) is 12.7 Å². The van der Waals surface area contributed by atoms with E-state index in [0.29, 0.717) is 34.6 Å². The maximum absolute atomic E-state index is 8.74. The van der Waals surface area contributed by atoms with Gasteiger partial charge >= 0.3 is 0 Å². The molecule has 5 heteroatoms. The van der Waals surface area contributed by atoms with E-state index in [0.717, 1.165) is 6.42 Å². The molecular weight excluding hydrogens is 251 g/mol. The van der Waals surface area contributed by atoms with E-state index < -0.39 is 0 Å². The first-order valence-corrected chi connectivity index (χ1v) is 5.85. The molecule has 0 amide bonds. The highest BCUT2D eigenvalue weighted by Gasteiger charge is 2.21. The maximum Gasteiger partial charge on any atom is 0.163 e. The van der Waals surface area contributed by atoms with E-state index in [1.165, 1.54) is 0 Å². The Morgan fingerprint density at radius 2 is 1.94 bits per heavy atom. The van der Waals surface area contributed by atoms with Crippen molar-refractivity contribution in [1.82, 2.24) is 0 Å². The summed E-state index contributed by atoms with van der Waals surface area (Å²) in [7, 11) is 0. The Hall–Kier alpha value is -0.640. The number of aliphatic hydroxyl groups excluding tert-OH is 1. The summed E-state index contributed by atoms with van der Waals surface area (Å²) in [5.74, 6) is 1.23. The van der Waals surface area contributed by atoms with Crippen LogP contribution in [0.15, 0.2) is 12.1 Å². The maximum atomic E-state index is 8.74. The number of hydrogen-bond acceptors (Lipinski definition) is 3. The molecule has 1 aromatic rings. The highest BCUT2D eigenvalue weighted by Crippen LogP contribution is 2.39. The SMILES string of the molecule is OCCCC1COc2cc(Cl)c(Cl)cc2O1. The molecule has 1 aliphatic heterocycles. The lowest BCUT2D eigenvalue weighted by Crippen LogP contribution is -2.29. The Bertz CT molecular complexity index is 382. The predicted octanol–water partition coefficient (Wildman–Crippen LogP) is 2.91. The fourth-order valence-corrected chi connectivity index (χ4v) is 1.88. The molecule has 1 N–H and O–H groups in total. The van der Waals surface area contributed by atoms with Gasteiger partial charge in [0, 0.05) is 18.7 Å². The van der Waals surface area contributed by atoms with Crippen LogP contribution in [0.4, 0.5) is 0 Å². The van der Waals surface area contributed by atoms with E-state index in [1.54, 1.807) is 12.1 Å². The molecule has 1 heterocycles. The van der Waals surface area contributed by atoms with Crippen molar-refractivity contribution in [2.75, 3.05) is 13.2 Å². The van der Waals surface area contributed by atoms with Crippen molar-refractivity contribution in [2.24, 2.45) is 0 Å². The third-order valence-electron chi connectivity index (χ3n) is 2.39. The standard InChI is InChI=1S/C11H12Cl2O3/c12-8-4-10-11(5-9(8)13)16-7(6-15-10)2-1-3-14/h4-5,7,14H,1-3,6H2. The van der Waals surface area contributed by atoms with E-state index in [-0.39, 0.29) is 12.7 Å². The zero-order valence-electron chi connectivity index (χ0n) is 8.58. The minimum atomic E-state index is -0.0307. The first kappa shape index (κ1) is 11.8. The highest BCUT2D eigenvalue weighted by atomic mass is 35.5. The second-order valence-electron chi connectivity index (χ2n) is 3.63. The molecule has 0 saturated carbocycles. The summed E-state index contributed by atoms with van der Waals surface area (Å²) in [5, 5.41) is 9.64. The largest absolute Gasteiger partial charge is 0.486 e. The second kappa shape index (κ2) is 5.13. The van der Waals surface area contributed by atoms with Crippen LogP contribution in [0.3, 0.4) is 0 Å². The molecule has 0 bridgehead atoms. The zero-order valence-corrected chi connectivity index (χ0v) is 10.1. The first-order valence-electron chi connectivity index (χ1n) is 5.10. The van der Waals surface area contributed by atoms with Crippen molar-refractivity contribution in [3.8, 4) is 11.5 Å². The Morgan fingerprint density at radius 3 is 2.62 bits per heavy atom. The number of ether oxygens (including phenoxy) is 2. The van der Waals surface area contributed by atoms with E-state index >= 15 is 0 Å². The molecule has 1 unspecified atom stereocenters. The van der Waals surface area contributed by atoms with Crippen molar-refractivity contribution in [3.63, 3.8) is 0 Å². The fraction of sp³-hybridized carbons (Fsp3) is 0.455. The number of benzene rings is 1. The van der Waals surface area contributed by atoms with Gasteiger partial charge in [-0.15, -0.1) is 0 Å². The first-order chi connectivity index (χ1) is 7.70. The number of aliphatic hydroxyl groups is 1. The summed E-state index contributed by atoms with van der Waals surface area (Å²) < 4.78 is 11.2. The van der Waals surface area contributed by atoms with Crippen LogP contribution < -0.4 is 9.47 Å². The summed E-state index contributed by atoms with van der Waals surface area (Å²) in [6, 6.07) is 3.31. The lowest BCUT2D eigenvalue weighted by molar-refractivity contribution is 0.0790. The van der Waals surface area contributed by atoms with Crippen LogP contribution >= 0.6 is 23.2 Å². The third kappa shape index (κ3) is 2.54. The van der Waals surface area contributed by atoms with Crippen molar-refractivity contribution in [1.29, 1.82) is 0 Å². The van der Waals surface area contributed by atoms with E-state index in [9.17, 15) is 0 Å². The van der Waals surface area contributed by atoms with Crippen LogP contribution in [0.5, 0.6) is 11.5 Å². The highest BCUT2D eigenvalue weighted by molar-refractivity contribution is 6.42. The van der Waals surface area contributed by atoms with E-state index in [4.69, 9.17) is 37.8 Å². The predicted molar refractivity (Wildman–Crippen MR) is 62.7 cm³/mol. The van der Waals surface area contributed by atoms with Gasteiger partial charge in [-0.2, -0.15) is 0 Å². The molecule has 0 radical (unpaired) electrons. The Labute approximate surface area is 104 Å². The molecule has 0 aliphatic carbocycles. The zero-order chi connectivity index (χ0) is 11.5. The summed E-state index contributed by atoms with van der Waals surface area (Å²) >= 11 is 11.8. The smallest absolute Gasteiger partial charge is 0.163 e. The molecule has 0 aromatic heterocycles. The minimum absolute atomic E-state index is 0.0307. The lowest BCUT2D eigenvalue weighted by atomic mass is 10.2. The molecule has 1 atom stereocenters. The number of fused-ring (bicyclic) bond motifs is 1. The van der Waals surface area contributed by atoms with Crippen LogP contribution in [-0.2, 0) is 0 Å². The Kier molecular flexibility index (Phi) is 3.79. The Balaban J connectivity index is 2.11. The van der Waals surface area contributed by atoms with Crippen LogP contribution in [0.2, 0.25) is 10.0 Å². The van der Waals surface area contributed by atoms with Crippen molar-refractivity contribution in [3.05, 3.63) is 22.2 Å². The average molecular weight is 263 g/mol. The van der Waals surface area contributed by atoms with Gasteiger partial charge in [0.25, 0.3) is 0 Å². The third-order valence-corrected chi connectivity index (χ3v) is 3.11. The topological polar surface area (TPSA) is 38.7 Å². The van der Waals surface area contributed by atoms with Crippen LogP contribution in [-0.4, -0.2) is 24.4 Å². The van der Waals surface area contributed by atoms with Crippen LogP contribution in [0.1, 0.15) is 12.8 Å². The molecular formula is C11H12Cl2O3. The minimum Gasteiger partial charge on any atom is -0.486 e. The fourth-order valence-electron chi connectivity index (χ4n) is 1.57. The monoisotopic (exact) mass is 262 g/mol. The Morgan fingerprint density at radius 1 is 1.25 bits per heavy atom. The molecule has 2 rings (SSSR count). The average Bonchev–Trinajstić information content (AvgIpc) is 2.28. The molecule has 16 heavy (non-hydrogen) atoms. The summed E-state index contributed by atoms with van der Waals surface area (Å²) in [6.45, 7) is 0.638.